The molecule has 192 valence electrons. The number of rotatable bonds is 5. The fourth-order valence-corrected chi connectivity index (χ4v) is 6.26. The van der Waals surface area contributed by atoms with Crippen LogP contribution in [0.25, 0.3) is 0 Å². The van der Waals surface area contributed by atoms with Gasteiger partial charge >= 0.3 is 6.18 Å². The molecule has 0 spiro atoms. The van der Waals surface area contributed by atoms with Crippen molar-refractivity contribution in [2.45, 2.75) is 51.3 Å². The molecule has 0 bridgehead atoms. The van der Waals surface area contributed by atoms with Crippen molar-refractivity contribution in [1.29, 1.82) is 0 Å². The van der Waals surface area contributed by atoms with Gasteiger partial charge in [-0.2, -0.15) is 13.2 Å². The van der Waals surface area contributed by atoms with Crippen molar-refractivity contribution in [3.8, 4) is 5.88 Å². The standard InChI is InChI=1S/C29H26F4N2O2/c1-15(36)26-18-8-16-10-25(34-12-19(16)27(18)26)37-13-17-9-24-21(11-22(17)30)28(2,3)14-35(24)23-7-5-4-6-20(23)29(31,32)33/h4-7,9-12,18,26-27H,8,13-14H2,1-3H3/t18-,26?,27+/m0/s1. The first-order valence-electron chi connectivity index (χ1n) is 12.3. The van der Waals surface area contributed by atoms with E-state index in [4.69, 9.17) is 4.74 Å². The Hall–Kier alpha value is -3.42. The Kier molecular flexibility index (Phi) is 5.20. The average Bonchev–Trinajstić information content (AvgIpc) is 3.33. The predicted molar refractivity (Wildman–Crippen MR) is 131 cm³/mol. The van der Waals surface area contributed by atoms with Gasteiger partial charge in [-0.25, -0.2) is 9.37 Å². The predicted octanol–water partition coefficient (Wildman–Crippen LogP) is 6.72. The Bertz CT molecular complexity index is 1430. The Morgan fingerprint density at radius 2 is 1.92 bits per heavy atom. The molecule has 3 aliphatic rings. The Balaban J connectivity index is 1.28. The number of hydrogen-bond acceptors (Lipinski definition) is 4. The molecule has 1 aromatic heterocycles. The molecule has 0 amide bonds. The van der Waals surface area contributed by atoms with Gasteiger partial charge in [-0.3, -0.25) is 4.79 Å². The molecule has 4 nitrogen and oxygen atoms in total. The van der Waals surface area contributed by atoms with Crippen LogP contribution < -0.4 is 9.64 Å². The lowest BCUT2D eigenvalue weighted by Crippen LogP contribution is -2.26. The third-order valence-electron chi connectivity index (χ3n) is 8.07. The summed E-state index contributed by atoms with van der Waals surface area (Å²) in [5.74, 6) is 0.785. The summed E-state index contributed by atoms with van der Waals surface area (Å²) < 4.78 is 62.3. The van der Waals surface area contributed by atoms with E-state index < -0.39 is 23.0 Å². The number of para-hydroxylation sites is 1. The summed E-state index contributed by atoms with van der Waals surface area (Å²) in [6.45, 7) is 5.60. The molecule has 0 N–H and O–H groups in total. The number of anilines is 2. The van der Waals surface area contributed by atoms with Gasteiger partial charge in [0.25, 0.3) is 0 Å². The number of carbonyl (C=O) groups is 1. The number of carbonyl (C=O) groups excluding carboxylic acids is 1. The molecule has 1 saturated carbocycles. The number of fused-ring (bicyclic) bond motifs is 4. The van der Waals surface area contributed by atoms with Crippen molar-refractivity contribution in [3.05, 3.63) is 82.3 Å². The largest absolute Gasteiger partial charge is 0.473 e. The minimum atomic E-state index is -4.51. The molecule has 1 unspecified atom stereocenters. The highest BCUT2D eigenvalue weighted by molar-refractivity contribution is 5.84. The fraction of sp³-hybridized carbons (Fsp3) is 0.379. The summed E-state index contributed by atoms with van der Waals surface area (Å²) in [4.78, 5) is 17.7. The van der Waals surface area contributed by atoms with Gasteiger partial charge in [0.2, 0.25) is 5.88 Å². The first kappa shape index (κ1) is 23.9. The molecular formula is C29H26F4N2O2. The smallest absolute Gasteiger partial charge is 0.418 e. The second-order valence-electron chi connectivity index (χ2n) is 11.0. The second kappa shape index (κ2) is 8.04. The van der Waals surface area contributed by atoms with E-state index in [1.165, 1.54) is 18.2 Å². The Morgan fingerprint density at radius 1 is 1.16 bits per heavy atom. The molecule has 3 atom stereocenters. The normalized spacial score (nSPS) is 22.9. The molecule has 0 saturated heterocycles. The van der Waals surface area contributed by atoms with Crippen molar-refractivity contribution >= 4 is 17.2 Å². The maximum atomic E-state index is 15.2. The van der Waals surface area contributed by atoms with Gasteiger partial charge in [-0.05, 0) is 66.1 Å². The zero-order valence-electron chi connectivity index (χ0n) is 20.7. The summed E-state index contributed by atoms with van der Waals surface area (Å²) in [6.07, 6.45) is -1.96. The van der Waals surface area contributed by atoms with E-state index >= 15 is 4.39 Å². The van der Waals surface area contributed by atoms with Crippen LogP contribution in [0, 0.1) is 17.7 Å². The third-order valence-corrected chi connectivity index (χ3v) is 8.07. The zero-order valence-corrected chi connectivity index (χ0v) is 20.7. The van der Waals surface area contributed by atoms with Crippen LogP contribution >= 0.6 is 0 Å². The minimum absolute atomic E-state index is 0.0445. The van der Waals surface area contributed by atoms with Gasteiger partial charge in [0, 0.05) is 41.4 Å². The van der Waals surface area contributed by atoms with Crippen LogP contribution in [0.4, 0.5) is 28.9 Å². The number of nitrogens with zero attached hydrogens (tertiary/aromatic N) is 2. The number of benzene rings is 2. The number of ketones is 1. The van der Waals surface area contributed by atoms with Gasteiger partial charge < -0.3 is 9.64 Å². The highest BCUT2D eigenvalue weighted by Crippen LogP contribution is 2.61. The molecule has 6 rings (SSSR count). The fourth-order valence-electron chi connectivity index (χ4n) is 6.26. The van der Waals surface area contributed by atoms with Crippen LogP contribution in [0.5, 0.6) is 5.88 Å². The maximum absolute atomic E-state index is 15.2. The molecule has 2 heterocycles. The number of ether oxygens (including phenoxy) is 1. The van der Waals surface area contributed by atoms with E-state index in [9.17, 15) is 18.0 Å². The Labute approximate surface area is 212 Å². The summed E-state index contributed by atoms with van der Waals surface area (Å²) in [7, 11) is 0. The summed E-state index contributed by atoms with van der Waals surface area (Å²) in [6, 6.07) is 10.3. The minimum Gasteiger partial charge on any atom is -0.473 e. The van der Waals surface area contributed by atoms with Crippen molar-refractivity contribution in [2.24, 2.45) is 11.8 Å². The number of hydrogen-bond donors (Lipinski definition) is 0. The molecule has 3 aromatic rings. The van der Waals surface area contributed by atoms with Gasteiger partial charge in [0.05, 0.1) is 11.3 Å². The van der Waals surface area contributed by atoms with Crippen molar-refractivity contribution in [2.75, 3.05) is 11.4 Å². The quantitative estimate of drug-likeness (QED) is 0.357. The van der Waals surface area contributed by atoms with Gasteiger partial charge in [0.15, 0.2) is 0 Å². The number of pyridine rings is 1. The van der Waals surface area contributed by atoms with Crippen LogP contribution in [0.15, 0.2) is 48.7 Å². The third kappa shape index (κ3) is 3.88. The van der Waals surface area contributed by atoms with E-state index in [0.29, 0.717) is 23.0 Å². The molecule has 0 radical (unpaired) electrons. The zero-order chi connectivity index (χ0) is 26.3. The maximum Gasteiger partial charge on any atom is 0.418 e. The summed E-state index contributed by atoms with van der Waals surface area (Å²) in [5.41, 5.74) is 2.39. The van der Waals surface area contributed by atoms with Gasteiger partial charge in [0.1, 0.15) is 18.2 Å². The molecule has 8 heteroatoms. The number of halogens is 4. The molecule has 1 fully saturated rings. The molecule has 2 aliphatic carbocycles. The van der Waals surface area contributed by atoms with Crippen LogP contribution in [0.3, 0.4) is 0 Å². The highest BCUT2D eigenvalue weighted by Gasteiger charge is 2.58. The van der Waals surface area contributed by atoms with E-state index in [-0.39, 0.29) is 42.0 Å². The monoisotopic (exact) mass is 510 g/mol. The second-order valence-corrected chi connectivity index (χ2v) is 11.0. The average molecular weight is 511 g/mol. The van der Waals surface area contributed by atoms with E-state index in [0.717, 1.165) is 23.6 Å². The molecule has 1 aliphatic heterocycles. The summed E-state index contributed by atoms with van der Waals surface area (Å²) in [5, 5.41) is 0. The lowest BCUT2D eigenvalue weighted by molar-refractivity contribution is -0.137. The van der Waals surface area contributed by atoms with E-state index in [1.54, 1.807) is 30.2 Å². The van der Waals surface area contributed by atoms with Crippen LogP contribution in [-0.2, 0) is 29.4 Å². The van der Waals surface area contributed by atoms with Crippen LogP contribution in [0.1, 0.15) is 54.5 Å². The Morgan fingerprint density at radius 3 is 2.65 bits per heavy atom. The number of Topliss-reactive ketones (excluding diaryl/α,β-unsaturated/α-hetero) is 1. The first-order chi connectivity index (χ1) is 17.5. The van der Waals surface area contributed by atoms with E-state index in [2.05, 4.69) is 4.98 Å². The SMILES string of the molecule is CC(=O)C1[C@H]2c3cnc(OCc4cc5c(cc4F)C(C)(C)CN5c4ccccc4C(F)(F)F)cc3C[C@@H]12. The topological polar surface area (TPSA) is 42.4 Å². The lowest BCUT2D eigenvalue weighted by Gasteiger charge is -2.25. The summed E-state index contributed by atoms with van der Waals surface area (Å²) >= 11 is 0. The van der Waals surface area contributed by atoms with Crippen molar-refractivity contribution in [3.63, 3.8) is 0 Å². The lowest BCUT2D eigenvalue weighted by atomic mass is 9.86. The molecule has 2 aromatic carbocycles. The first-order valence-corrected chi connectivity index (χ1v) is 12.3. The van der Waals surface area contributed by atoms with Gasteiger partial charge in [-0.15, -0.1) is 0 Å². The van der Waals surface area contributed by atoms with E-state index in [1.807, 2.05) is 19.9 Å². The number of alkyl halides is 3. The van der Waals surface area contributed by atoms with Crippen molar-refractivity contribution < 1.29 is 27.1 Å². The highest BCUT2D eigenvalue weighted by atomic mass is 19.4. The molecule has 37 heavy (non-hydrogen) atoms. The number of aromatic nitrogens is 1. The van der Waals surface area contributed by atoms with Crippen molar-refractivity contribution in [1.82, 2.24) is 4.98 Å². The van der Waals surface area contributed by atoms with Crippen LogP contribution in [-0.4, -0.2) is 17.3 Å². The van der Waals surface area contributed by atoms with Crippen LogP contribution in [0.2, 0.25) is 0 Å². The molecular weight excluding hydrogens is 484 g/mol. The van der Waals surface area contributed by atoms with Gasteiger partial charge in [-0.1, -0.05) is 26.0 Å².